The average molecular weight is 229 g/mol. The fourth-order valence-corrected chi connectivity index (χ4v) is 1.86. The van der Waals surface area contributed by atoms with E-state index in [1.165, 1.54) is 0 Å². The lowest BCUT2D eigenvalue weighted by atomic mass is 10.1. The summed E-state index contributed by atoms with van der Waals surface area (Å²) in [5.74, 6) is 0.565. The number of nitrogens with one attached hydrogen (secondary N) is 1. The Morgan fingerprint density at radius 1 is 1.41 bits per heavy atom. The molecule has 0 saturated heterocycles. The summed E-state index contributed by atoms with van der Waals surface area (Å²) in [5.41, 5.74) is 5.95. The van der Waals surface area contributed by atoms with Gasteiger partial charge in [-0.2, -0.15) is 0 Å². The summed E-state index contributed by atoms with van der Waals surface area (Å²) < 4.78 is 0. The summed E-state index contributed by atoms with van der Waals surface area (Å²) in [5, 5.41) is 0.486. The number of fused-ring (bicyclic) bond motifs is 1. The Balaban J connectivity index is 2.26. The minimum atomic E-state index is -0.512. The predicted octanol–water partition coefficient (Wildman–Crippen LogP) is 0.899. The molecule has 0 bridgehead atoms. The van der Waals surface area contributed by atoms with E-state index >= 15 is 0 Å². The summed E-state index contributed by atoms with van der Waals surface area (Å²) >= 11 is 0. The van der Waals surface area contributed by atoms with E-state index in [0.717, 1.165) is 12.8 Å². The fraction of sp³-hybridized carbons (Fsp3) is 0.250. The van der Waals surface area contributed by atoms with Gasteiger partial charge in [0, 0.05) is 11.5 Å². The SMILES string of the molecule is NC(=O)c1ccc2c(=O)[nH]c(C3CC3)nc2c1. The molecule has 1 aromatic heterocycles. The highest BCUT2D eigenvalue weighted by Crippen LogP contribution is 2.37. The van der Waals surface area contributed by atoms with E-state index in [1.54, 1.807) is 18.2 Å². The molecule has 1 amide bonds. The highest BCUT2D eigenvalue weighted by Gasteiger charge is 2.26. The topological polar surface area (TPSA) is 88.8 Å². The quantitative estimate of drug-likeness (QED) is 0.801. The molecular weight excluding hydrogens is 218 g/mol. The van der Waals surface area contributed by atoms with Crippen molar-refractivity contribution in [3.8, 4) is 0 Å². The zero-order valence-electron chi connectivity index (χ0n) is 9.06. The summed E-state index contributed by atoms with van der Waals surface area (Å²) in [6.45, 7) is 0. The number of H-pyrrole nitrogens is 1. The summed E-state index contributed by atoms with van der Waals surface area (Å²) in [6, 6.07) is 4.69. The largest absolute Gasteiger partial charge is 0.366 e. The molecule has 0 atom stereocenters. The van der Waals surface area contributed by atoms with E-state index in [4.69, 9.17) is 5.73 Å². The average Bonchev–Trinajstić information content (AvgIpc) is 3.11. The second-order valence-corrected chi connectivity index (χ2v) is 4.32. The first-order chi connectivity index (χ1) is 8.15. The molecule has 1 saturated carbocycles. The zero-order valence-corrected chi connectivity index (χ0v) is 9.06. The van der Waals surface area contributed by atoms with Crippen molar-refractivity contribution in [2.45, 2.75) is 18.8 Å². The molecule has 17 heavy (non-hydrogen) atoms. The maximum atomic E-state index is 11.8. The molecule has 1 fully saturated rings. The highest BCUT2D eigenvalue weighted by atomic mass is 16.1. The molecule has 0 radical (unpaired) electrons. The van der Waals surface area contributed by atoms with Crippen LogP contribution in [0.15, 0.2) is 23.0 Å². The van der Waals surface area contributed by atoms with Crippen LogP contribution in [-0.2, 0) is 0 Å². The van der Waals surface area contributed by atoms with Crippen LogP contribution in [0.2, 0.25) is 0 Å². The number of carbonyl (C=O) groups excluding carboxylic acids is 1. The number of nitrogens with two attached hydrogens (primary N) is 1. The van der Waals surface area contributed by atoms with Crippen LogP contribution >= 0.6 is 0 Å². The Kier molecular flexibility index (Phi) is 2.01. The van der Waals surface area contributed by atoms with Crippen LogP contribution in [-0.4, -0.2) is 15.9 Å². The van der Waals surface area contributed by atoms with Gasteiger partial charge in [-0.3, -0.25) is 9.59 Å². The van der Waals surface area contributed by atoms with Crippen molar-refractivity contribution in [2.75, 3.05) is 0 Å². The van der Waals surface area contributed by atoms with Gasteiger partial charge >= 0.3 is 0 Å². The van der Waals surface area contributed by atoms with Crippen molar-refractivity contribution in [1.29, 1.82) is 0 Å². The van der Waals surface area contributed by atoms with Gasteiger partial charge in [-0.15, -0.1) is 0 Å². The van der Waals surface area contributed by atoms with Gasteiger partial charge < -0.3 is 10.7 Å². The monoisotopic (exact) mass is 229 g/mol. The molecule has 2 aromatic rings. The maximum absolute atomic E-state index is 11.8. The maximum Gasteiger partial charge on any atom is 0.258 e. The molecule has 0 spiro atoms. The Hall–Kier alpha value is -2.17. The van der Waals surface area contributed by atoms with E-state index < -0.39 is 5.91 Å². The van der Waals surface area contributed by atoms with Crippen molar-refractivity contribution in [3.63, 3.8) is 0 Å². The number of amides is 1. The smallest absolute Gasteiger partial charge is 0.258 e. The third-order valence-electron chi connectivity index (χ3n) is 2.97. The Labute approximate surface area is 96.7 Å². The molecule has 5 heteroatoms. The van der Waals surface area contributed by atoms with Gasteiger partial charge in [0.2, 0.25) is 5.91 Å². The van der Waals surface area contributed by atoms with Crippen molar-refractivity contribution in [1.82, 2.24) is 9.97 Å². The molecule has 1 aromatic carbocycles. The molecule has 5 nitrogen and oxygen atoms in total. The molecular formula is C12H11N3O2. The lowest BCUT2D eigenvalue weighted by molar-refractivity contribution is 0.100. The third-order valence-corrected chi connectivity index (χ3v) is 2.97. The molecule has 86 valence electrons. The Morgan fingerprint density at radius 2 is 2.18 bits per heavy atom. The van der Waals surface area contributed by atoms with Crippen LogP contribution in [0.4, 0.5) is 0 Å². The molecule has 1 aliphatic carbocycles. The number of hydrogen-bond acceptors (Lipinski definition) is 3. The first-order valence-electron chi connectivity index (χ1n) is 5.49. The third kappa shape index (κ3) is 1.69. The van der Waals surface area contributed by atoms with Crippen LogP contribution in [0.5, 0.6) is 0 Å². The van der Waals surface area contributed by atoms with Gasteiger partial charge in [-0.1, -0.05) is 0 Å². The summed E-state index contributed by atoms with van der Waals surface area (Å²) in [4.78, 5) is 30.0. The first kappa shape index (κ1) is 10.0. The predicted molar refractivity (Wildman–Crippen MR) is 62.9 cm³/mol. The Morgan fingerprint density at radius 3 is 2.82 bits per heavy atom. The minimum absolute atomic E-state index is 0.159. The standard InChI is InChI=1S/C12H11N3O2/c13-10(16)7-3-4-8-9(5-7)14-11(6-1-2-6)15-12(8)17/h3-6H,1-2H2,(H2,13,16)(H,14,15,17). The Bertz CT molecular complexity index is 671. The number of primary amides is 1. The number of aromatic amines is 1. The van der Waals surface area contributed by atoms with E-state index in [1.807, 2.05) is 0 Å². The number of hydrogen-bond donors (Lipinski definition) is 2. The first-order valence-corrected chi connectivity index (χ1v) is 5.49. The fourth-order valence-electron chi connectivity index (χ4n) is 1.86. The molecule has 0 aliphatic heterocycles. The van der Waals surface area contributed by atoms with Crippen molar-refractivity contribution >= 4 is 16.8 Å². The molecule has 3 rings (SSSR count). The van der Waals surface area contributed by atoms with E-state index in [-0.39, 0.29) is 5.56 Å². The van der Waals surface area contributed by atoms with E-state index in [9.17, 15) is 9.59 Å². The number of nitrogens with zero attached hydrogens (tertiary/aromatic N) is 1. The van der Waals surface area contributed by atoms with Gasteiger partial charge in [-0.25, -0.2) is 4.98 Å². The van der Waals surface area contributed by atoms with Gasteiger partial charge in [0.15, 0.2) is 0 Å². The van der Waals surface area contributed by atoms with E-state index in [2.05, 4.69) is 9.97 Å². The number of rotatable bonds is 2. The van der Waals surface area contributed by atoms with Crippen molar-refractivity contribution < 1.29 is 4.79 Å². The normalized spacial score (nSPS) is 15.1. The molecule has 0 unspecified atom stereocenters. The van der Waals surface area contributed by atoms with Crippen LogP contribution in [0.3, 0.4) is 0 Å². The summed E-state index contributed by atoms with van der Waals surface area (Å²) in [6.07, 6.45) is 2.12. The van der Waals surface area contributed by atoms with Gasteiger partial charge in [-0.05, 0) is 31.0 Å². The van der Waals surface area contributed by atoms with Gasteiger partial charge in [0.05, 0.1) is 10.9 Å². The van der Waals surface area contributed by atoms with Crippen LogP contribution in [0, 0.1) is 0 Å². The number of carbonyl (C=O) groups is 1. The molecule has 1 aliphatic rings. The lowest BCUT2D eigenvalue weighted by Gasteiger charge is -2.02. The number of aromatic nitrogens is 2. The van der Waals surface area contributed by atoms with Crippen molar-refractivity contribution in [2.24, 2.45) is 5.73 Å². The van der Waals surface area contributed by atoms with Crippen LogP contribution in [0.1, 0.15) is 34.9 Å². The lowest BCUT2D eigenvalue weighted by Crippen LogP contribution is -2.14. The summed E-state index contributed by atoms with van der Waals surface area (Å²) in [7, 11) is 0. The second kappa shape index (κ2) is 3.41. The van der Waals surface area contributed by atoms with Crippen LogP contribution in [0.25, 0.3) is 10.9 Å². The molecule has 1 heterocycles. The van der Waals surface area contributed by atoms with Crippen molar-refractivity contribution in [3.05, 3.63) is 39.9 Å². The number of benzene rings is 1. The van der Waals surface area contributed by atoms with Crippen LogP contribution < -0.4 is 11.3 Å². The minimum Gasteiger partial charge on any atom is -0.366 e. The zero-order chi connectivity index (χ0) is 12.0. The van der Waals surface area contributed by atoms with E-state index in [0.29, 0.717) is 28.2 Å². The second-order valence-electron chi connectivity index (χ2n) is 4.32. The van der Waals surface area contributed by atoms with Gasteiger partial charge in [0.1, 0.15) is 5.82 Å². The highest BCUT2D eigenvalue weighted by molar-refractivity contribution is 5.96. The molecule has 3 N–H and O–H groups in total. The van der Waals surface area contributed by atoms with Gasteiger partial charge in [0.25, 0.3) is 5.56 Å².